The van der Waals surface area contributed by atoms with Gasteiger partial charge in [0.2, 0.25) is 10.0 Å². The Morgan fingerprint density at radius 3 is 2.72 bits per heavy atom. The maximum absolute atomic E-state index is 12.4. The van der Waals surface area contributed by atoms with Crippen LogP contribution in [-0.4, -0.2) is 56.4 Å². The van der Waals surface area contributed by atoms with Crippen LogP contribution >= 0.6 is 0 Å². The van der Waals surface area contributed by atoms with E-state index in [1.807, 2.05) is 13.8 Å². The van der Waals surface area contributed by atoms with Crippen molar-refractivity contribution in [1.29, 1.82) is 0 Å². The molecule has 0 saturated carbocycles. The zero-order chi connectivity index (χ0) is 13.2. The van der Waals surface area contributed by atoms with Crippen LogP contribution in [0.4, 0.5) is 0 Å². The molecule has 2 heterocycles. The standard InChI is InChI=1S/C12H24N2O3S/c1-10(2)17-7-8-18(15,16)14-11-3-4-12(14)9-13-6-5-11/h10-13H,3-9H2,1-2H3. The van der Waals surface area contributed by atoms with Crippen LogP contribution in [0.15, 0.2) is 0 Å². The molecule has 0 aliphatic carbocycles. The molecule has 0 aromatic rings. The Morgan fingerprint density at radius 1 is 1.28 bits per heavy atom. The molecule has 2 saturated heterocycles. The van der Waals surface area contributed by atoms with Crippen LogP contribution < -0.4 is 5.32 Å². The third kappa shape index (κ3) is 3.23. The molecule has 2 rings (SSSR count). The molecule has 0 aromatic carbocycles. The molecule has 2 fully saturated rings. The fraction of sp³-hybridized carbons (Fsp3) is 1.00. The maximum Gasteiger partial charge on any atom is 0.216 e. The number of nitrogens with zero attached hydrogens (tertiary/aromatic N) is 1. The van der Waals surface area contributed by atoms with Crippen LogP contribution in [-0.2, 0) is 14.8 Å². The molecule has 6 heteroatoms. The first kappa shape index (κ1) is 14.2. The molecular formula is C12H24N2O3S. The van der Waals surface area contributed by atoms with E-state index in [9.17, 15) is 8.42 Å². The van der Waals surface area contributed by atoms with Crippen LogP contribution in [0, 0.1) is 0 Å². The summed E-state index contributed by atoms with van der Waals surface area (Å²) >= 11 is 0. The molecule has 0 spiro atoms. The summed E-state index contributed by atoms with van der Waals surface area (Å²) in [7, 11) is -3.17. The monoisotopic (exact) mass is 276 g/mol. The van der Waals surface area contributed by atoms with E-state index in [1.165, 1.54) is 0 Å². The molecule has 2 atom stereocenters. The fourth-order valence-electron chi connectivity index (χ4n) is 2.89. The first-order chi connectivity index (χ1) is 8.50. The van der Waals surface area contributed by atoms with Gasteiger partial charge in [0, 0.05) is 18.6 Å². The maximum atomic E-state index is 12.4. The number of rotatable bonds is 5. The molecule has 106 valence electrons. The van der Waals surface area contributed by atoms with Gasteiger partial charge in [-0.2, -0.15) is 4.31 Å². The van der Waals surface area contributed by atoms with E-state index in [1.54, 1.807) is 4.31 Å². The first-order valence-electron chi connectivity index (χ1n) is 6.84. The zero-order valence-electron chi connectivity index (χ0n) is 11.3. The largest absolute Gasteiger partial charge is 0.378 e. The van der Waals surface area contributed by atoms with Crippen molar-refractivity contribution < 1.29 is 13.2 Å². The van der Waals surface area contributed by atoms with Gasteiger partial charge in [-0.3, -0.25) is 0 Å². The van der Waals surface area contributed by atoms with Gasteiger partial charge in [0.15, 0.2) is 0 Å². The average molecular weight is 276 g/mol. The summed E-state index contributed by atoms with van der Waals surface area (Å²) in [4.78, 5) is 0. The molecule has 0 radical (unpaired) electrons. The Bertz CT molecular complexity index is 356. The number of fused-ring (bicyclic) bond motifs is 2. The average Bonchev–Trinajstić information content (AvgIpc) is 2.52. The summed E-state index contributed by atoms with van der Waals surface area (Å²) in [6, 6.07) is 0.357. The number of sulfonamides is 1. The van der Waals surface area contributed by atoms with Crippen molar-refractivity contribution in [1.82, 2.24) is 9.62 Å². The quantitative estimate of drug-likeness (QED) is 0.797. The van der Waals surface area contributed by atoms with E-state index >= 15 is 0 Å². The summed E-state index contributed by atoms with van der Waals surface area (Å²) in [6.45, 7) is 5.86. The number of hydrogen-bond donors (Lipinski definition) is 1. The van der Waals surface area contributed by atoms with Crippen molar-refractivity contribution in [2.45, 2.75) is 51.3 Å². The van der Waals surface area contributed by atoms with Crippen molar-refractivity contribution in [3.8, 4) is 0 Å². The number of nitrogens with one attached hydrogen (secondary N) is 1. The SMILES string of the molecule is CC(C)OCCS(=O)(=O)N1C2CCNCC1CC2. The molecule has 18 heavy (non-hydrogen) atoms. The molecule has 0 aromatic heterocycles. The number of hydrogen-bond acceptors (Lipinski definition) is 4. The first-order valence-corrected chi connectivity index (χ1v) is 8.45. The Morgan fingerprint density at radius 2 is 2.00 bits per heavy atom. The third-order valence-corrected chi connectivity index (χ3v) is 5.62. The topological polar surface area (TPSA) is 58.6 Å². The molecule has 2 aliphatic heterocycles. The molecule has 2 unspecified atom stereocenters. The van der Waals surface area contributed by atoms with Crippen LogP contribution in [0.5, 0.6) is 0 Å². The van der Waals surface area contributed by atoms with Gasteiger partial charge in [-0.05, 0) is 39.7 Å². The van der Waals surface area contributed by atoms with E-state index in [0.717, 1.165) is 32.4 Å². The minimum atomic E-state index is -3.17. The summed E-state index contributed by atoms with van der Waals surface area (Å²) < 4.78 is 31.9. The highest BCUT2D eigenvalue weighted by Gasteiger charge is 2.41. The van der Waals surface area contributed by atoms with Gasteiger partial charge >= 0.3 is 0 Å². The van der Waals surface area contributed by atoms with Crippen molar-refractivity contribution >= 4 is 10.0 Å². The van der Waals surface area contributed by atoms with Crippen molar-refractivity contribution in [3.63, 3.8) is 0 Å². The van der Waals surface area contributed by atoms with E-state index < -0.39 is 10.0 Å². The normalized spacial score (nSPS) is 29.7. The predicted molar refractivity (Wildman–Crippen MR) is 71.0 cm³/mol. The summed E-state index contributed by atoms with van der Waals surface area (Å²) in [6.07, 6.45) is 3.02. The van der Waals surface area contributed by atoms with Crippen molar-refractivity contribution in [2.24, 2.45) is 0 Å². The Balaban J connectivity index is 2.00. The molecule has 2 bridgehead atoms. The Kier molecular flexibility index (Phi) is 4.64. The molecule has 1 N–H and O–H groups in total. The summed E-state index contributed by atoms with van der Waals surface area (Å²) in [5.41, 5.74) is 0. The van der Waals surface area contributed by atoms with Crippen molar-refractivity contribution in [2.75, 3.05) is 25.4 Å². The molecule has 5 nitrogen and oxygen atoms in total. The van der Waals surface area contributed by atoms with E-state index in [-0.39, 0.29) is 23.9 Å². The lowest BCUT2D eigenvalue weighted by Crippen LogP contribution is -2.44. The van der Waals surface area contributed by atoms with E-state index in [4.69, 9.17) is 4.74 Å². The van der Waals surface area contributed by atoms with Gasteiger partial charge in [0.25, 0.3) is 0 Å². The summed E-state index contributed by atoms with van der Waals surface area (Å²) in [5.74, 6) is 0.109. The second kappa shape index (κ2) is 5.86. The predicted octanol–water partition coefficient (Wildman–Crippen LogP) is 0.567. The van der Waals surface area contributed by atoms with Gasteiger partial charge in [-0.1, -0.05) is 0 Å². The third-order valence-electron chi connectivity index (χ3n) is 3.70. The van der Waals surface area contributed by atoms with Crippen LogP contribution in [0.25, 0.3) is 0 Å². The smallest absolute Gasteiger partial charge is 0.216 e. The van der Waals surface area contributed by atoms with Gasteiger partial charge in [0.1, 0.15) is 0 Å². The molecule has 0 amide bonds. The molecule has 2 aliphatic rings. The van der Waals surface area contributed by atoms with Gasteiger partial charge in [-0.15, -0.1) is 0 Å². The lowest BCUT2D eigenvalue weighted by atomic mass is 10.1. The highest BCUT2D eigenvalue weighted by atomic mass is 32.2. The molecular weight excluding hydrogens is 252 g/mol. The summed E-state index contributed by atoms with van der Waals surface area (Å²) in [5, 5.41) is 3.32. The minimum Gasteiger partial charge on any atom is -0.378 e. The zero-order valence-corrected chi connectivity index (χ0v) is 12.1. The lowest BCUT2D eigenvalue weighted by Gasteiger charge is -2.26. The van der Waals surface area contributed by atoms with Crippen LogP contribution in [0.1, 0.15) is 33.1 Å². The van der Waals surface area contributed by atoms with E-state index in [0.29, 0.717) is 6.61 Å². The van der Waals surface area contributed by atoms with Crippen LogP contribution in [0.3, 0.4) is 0 Å². The fourth-order valence-corrected chi connectivity index (χ4v) is 4.70. The minimum absolute atomic E-state index is 0.0859. The second-order valence-electron chi connectivity index (χ2n) is 5.44. The second-order valence-corrected chi connectivity index (χ2v) is 7.44. The van der Waals surface area contributed by atoms with Crippen molar-refractivity contribution in [3.05, 3.63) is 0 Å². The lowest BCUT2D eigenvalue weighted by molar-refractivity contribution is 0.0905. The van der Waals surface area contributed by atoms with E-state index in [2.05, 4.69) is 5.32 Å². The Labute approximate surface area is 110 Å². The van der Waals surface area contributed by atoms with Crippen LogP contribution in [0.2, 0.25) is 0 Å². The number of ether oxygens (including phenoxy) is 1. The highest BCUT2D eigenvalue weighted by molar-refractivity contribution is 7.89. The highest BCUT2D eigenvalue weighted by Crippen LogP contribution is 2.30. The van der Waals surface area contributed by atoms with Gasteiger partial charge < -0.3 is 10.1 Å². The van der Waals surface area contributed by atoms with Gasteiger partial charge in [0.05, 0.1) is 18.5 Å². The van der Waals surface area contributed by atoms with Gasteiger partial charge in [-0.25, -0.2) is 8.42 Å². The Hall–Kier alpha value is -0.170.